The van der Waals surface area contributed by atoms with E-state index in [0.717, 1.165) is 37.3 Å². The smallest absolute Gasteiger partial charge is 0.416 e. The van der Waals surface area contributed by atoms with Gasteiger partial charge in [-0.15, -0.1) is 11.3 Å². The van der Waals surface area contributed by atoms with Crippen molar-refractivity contribution in [1.29, 1.82) is 0 Å². The van der Waals surface area contributed by atoms with Gasteiger partial charge in [-0.1, -0.05) is 50.5 Å². The third-order valence-electron chi connectivity index (χ3n) is 5.96. The van der Waals surface area contributed by atoms with Crippen molar-refractivity contribution in [2.45, 2.75) is 58.4 Å². The Hall–Kier alpha value is -3.11. The number of carbonyl (C=O) groups excluding carboxylic acids is 1. The van der Waals surface area contributed by atoms with Gasteiger partial charge >= 0.3 is 6.18 Å². The van der Waals surface area contributed by atoms with Crippen LogP contribution in [-0.2, 0) is 25.8 Å². The van der Waals surface area contributed by atoms with Gasteiger partial charge < -0.3 is 14.8 Å². The van der Waals surface area contributed by atoms with Crippen LogP contribution in [-0.4, -0.2) is 29.1 Å². The average Bonchev–Trinajstić information content (AvgIpc) is 3.53. The number of carbonyl (C=O) groups is 1. The van der Waals surface area contributed by atoms with Gasteiger partial charge in [0, 0.05) is 25.0 Å². The van der Waals surface area contributed by atoms with Gasteiger partial charge in [0.15, 0.2) is 11.5 Å². The molecule has 1 N–H and O–H groups in total. The number of benzene rings is 2. The van der Waals surface area contributed by atoms with E-state index in [1.807, 2.05) is 23.1 Å². The van der Waals surface area contributed by atoms with Crippen LogP contribution in [0.1, 0.15) is 64.8 Å². The number of unbranched alkanes of at least 4 members (excludes halogenated alkanes) is 3. The maximum atomic E-state index is 13.3. The number of hydrogen-bond acceptors (Lipinski definition) is 6. The number of amides is 1. The second-order valence-electron chi connectivity index (χ2n) is 8.97. The summed E-state index contributed by atoms with van der Waals surface area (Å²) in [6.45, 7) is 4.01. The Balaban J connectivity index is 1.47. The molecule has 0 atom stereocenters. The number of nitrogens with one attached hydrogen (secondary N) is 1. The topological polar surface area (TPSA) is 63.7 Å². The Morgan fingerprint density at radius 3 is 2.59 bits per heavy atom. The first-order valence-corrected chi connectivity index (χ1v) is 13.2. The Labute approximate surface area is 218 Å². The average molecular weight is 534 g/mol. The first kappa shape index (κ1) is 26.9. The van der Waals surface area contributed by atoms with Crippen molar-refractivity contribution >= 4 is 17.2 Å². The van der Waals surface area contributed by atoms with Crippen LogP contribution in [0.2, 0.25) is 0 Å². The molecule has 10 heteroatoms. The number of rotatable bonds is 12. The summed E-state index contributed by atoms with van der Waals surface area (Å²) in [4.78, 5) is 19.0. The lowest BCUT2D eigenvalue weighted by Crippen LogP contribution is -2.25. The molecule has 1 aliphatic rings. The van der Waals surface area contributed by atoms with Gasteiger partial charge in [0.05, 0.1) is 12.1 Å². The maximum absolute atomic E-state index is 13.3. The number of aromatic nitrogens is 1. The van der Waals surface area contributed by atoms with Crippen molar-refractivity contribution in [2.24, 2.45) is 0 Å². The van der Waals surface area contributed by atoms with E-state index in [0.29, 0.717) is 47.4 Å². The number of hydrogen-bond donors (Lipinski definition) is 1. The number of nitrogens with zero attached hydrogens (tertiary/aromatic N) is 2. The normalized spacial score (nSPS) is 12.8. The molecule has 2 aromatic carbocycles. The lowest BCUT2D eigenvalue weighted by atomic mass is 10.1. The lowest BCUT2D eigenvalue weighted by Gasteiger charge is -2.22. The van der Waals surface area contributed by atoms with Crippen molar-refractivity contribution in [2.75, 3.05) is 13.3 Å². The molecule has 198 valence electrons. The summed E-state index contributed by atoms with van der Waals surface area (Å²) in [7, 11) is 0. The molecule has 37 heavy (non-hydrogen) atoms. The second kappa shape index (κ2) is 12.4. The SMILES string of the molecule is CCCCCCNC(=O)c1csc(CN(Cc2cccc(C(F)(F)F)c2)Cc2ccc3c(c2)OCO3)n1. The Kier molecular flexibility index (Phi) is 9.04. The molecule has 0 radical (unpaired) electrons. The molecule has 0 fully saturated rings. The van der Waals surface area contributed by atoms with E-state index < -0.39 is 11.7 Å². The quantitative estimate of drug-likeness (QED) is 0.273. The number of thiazole rings is 1. The third-order valence-corrected chi connectivity index (χ3v) is 6.80. The molecule has 0 unspecified atom stereocenters. The molecule has 0 bridgehead atoms. The predicted molar refractivity (Wildman–Crippen MR) is 136 cm³/mol. The fraction of sp³-hybridized carbons (Fsp3) is 0.407. The molecule has 0 saturated heterocycles. The molecule has 1 aromatic heterocycles. The van der Waals surface area contributed by atoms with Crippen molar-refractivity contribution in [3.8, 4) is 11.5 Å². The molecule has 1 aliphatic heterocycles. The van der Waals surface area contributed by atoms with Gasteiger partial charge in [0.2, 0.25) is 6.79 Å². The summed E-state index contributed by atoms with van der Waals surface area (Å²) in [6, 6.07) is 11.0. The van der Waals surface area contributed by atoms with E-state index in [-0.39, 0.29) is 19.2 Å². The van der Waals surface area contributed by atoms with Crippen molar-refractivity contribution in [1.82, 2.24) is 15.2 Å². The number of alkyl halides is 3. The molecule has 6 nitrogen and oxygen atoms in total. The third kappa shape index (κ3) is 7.69. The summed E-state index contributed by atoms with van der Waals surface area (Å²) in [5.41, 5.74) is 1.15. The van der Waals surface area contributed by atoms with Crippen LogP contribution in [0.5, 0.6) is 11.5 Å². The zero-order valence-electron chi connectivity index (χ0n) is 20.6. The fourth-order valence-corrected chi connectivity index (χ4v) is 4.91. The van der Waals surface area contributed by atoms with Crippen LogP contribution in [0.3, 0.4) is 0 Å². The highest BCUT2D eigenvalue weighted by molar-refractivity contribution is 7.09. The monoisotopic (exact) mass is 533 g/mol. The molecule has 3 aromatic rings. The molecule has 4 rings (SSSR count). The number of ether oxygens (including phenoxy) is 2. The number of fused-ring (bicyclic) bond motifs is 1. The molecular formula is C27H30F3N3O3S. The fourth-order valence-electron chi connectivity index (χ4n) is 4.09. The Morgan fingerprint density at radius 1 is 1.03 bits per heavy atom. The van der Waals surface area contributed by atoms with Gasteiger partial charge in [-0.05, 0) is 35.7 Å². The summed E-state index contributed by atoms with van der Waals surface area (Å²) in [5.74, 6) is 1.10. The van der Waals surface area contributed by atoms with E-state index in [4.69, 9.17) is 9.47 Å². The van der Waals surface area contributed by atoms with Crippen LogP contribution in [0, 0.1) is 0 Å². The summed E-state index contributed by atoms with van der Waals surface area (Å²) in [5, 5.41) is 5.34. The van der Waals surface area contributed by atoms with Crippen LogP contribution < -0.4 is 14.8 Å². The van der Waals surface area contributed by atoms with Gasteiger partial charge in [-0.2, -0.15) is 13.2 Å². The highest BCUT2D eigenvalue weighted by Crippen LogP contribution is 2.33. The zero-order chi connectivity index (χ0) is 26.3. The van der Waals surface area contributed by atoms with Gasteiger partial charge in [0.25, 0.3) is 5.91 Å². The van der Waals surface area contributed by atoms with E-state index in [2.05, 4.69) is 17.2 Å². The van der Waals surface area contributed by atoms with Crippen LogP contribution in [0.4, 0.5) is 13.2 Å². The Bertz CT molecular complexity index is 1200. The summed E-state index contributed by atoms with van der Waals surface area (Å²) < 4.78 is 50.7. The second-order valence-corrected chi connectivity index (χ2v) is 9.92. The largest absolute Gasteiger partial charge is 0.454 e. The van der Waals surface area contributed by atoms with Gasteiger partial charge in [-0.25, -0.2) is 4.98 Å². The molecular weight excluding hydrogens is 503 g/mol. The minimum absolute atomic E-state index is 0.162. The predicted octanol–water partition coefficient (Wildman–Crippen LogP) is 6.40. The van der Waals surface area contributed by atoms with E-state index in [9.17, 15) is 18.0 Å². The molecule has 1 amide bonds. The standard InChI is InChI=1S/C27H30F3N3O3S/c1-2-3-4-5-11-31-26(34)22-17-37-25(32-22)16-33(14-19-7-6-8-21(12-19)27(28,29)30)15-20-9-10-23-24(13-20)36-18-35-23/h6-10,12-13,17H,2-5,11,14-16,18H2,1H3,(H,31,34). The van der Waals surface area contributed by atoms with Crippen LogP contribution in [0.15, 0.2) is 47.8 Å². The number of halogens is 3. The van der Waals surface area contributed by atoms with Gasteiger partial charge in [0.1, 0.15) is 10.7 Å². The Morgan fingerprint density at radius 2 is 1.81 bits per heavy atom. The highest BCUT2D eigenvalue weighted by Gasteiger charge is 2.30. The summed E-state index contributed by atoms with van der Waals surface area (Å²) >= 11 is 1.36. The van der Waals surface area contributed by atoms with Gasteiger partial charge in [-0.3, -0.25) is 9.69 Å². The molecule has 2 heterocycles. The minimum atomic E-state index is -4.41. The van der Waals surface area contributed by atoms with E-state index in [1.165, 1.54) is 23.5 Å². The molecule has 0 spiro atoms. The molecule has 0 aliphatic carbocycles. The van der Waals surface area contributed by atoms with Crippen LogP contribution >= 0.6 is 11.3 Å². The van der Waals surface area contributed by atoms with E-state index >= 15 is 0 Å². The van der Waals surface area contributed by atoms with E-state index in [1.54, 1.807) is 11.4 Å². The minimum Gasteiger partial charge on any atom is -0.454 e. The van der Waals surface area contributed by atoms with Crippen molar-refractivity contribution < 1.29 is 27.4 Å². The molecule has 0 saturated carbocycles. The van der Waals surface area contributed by atoms with Crippen LogP contribution in [0.25, 0.3) is 0 Å². The van der Waals surface area contributed by atoms with Crippen molar-refractivity contribution in [3.05, 3.63) is 75.2 Å². The summed E-state index contributed by atoms with van der Waals surface area (Å²) in [6.07, 6.45) is -0.138. The first-order valence-electron chi connectivity index (χ1n) is 12.3. The highest BCUT2D eigenvalue weighted by atomic mass is 32.1. The first-order chi connectivity index (χ1) is 17.8. The van der Waals surface area contributed by atoms with Crippen molar-refractivity contribution in [3.63, 3.8) is 0 Å². The maximum Gasteiger partial charge on any atom is 0.416 e. The zero-order valence-corrected chi connectivity index (χ0v) is 21.5. The lowest BCUT2D eigenvalue weighted by molar-refractivity contribution is -0.137.